The van der Waals surface area contributed by atoms with Crippen molar-refractivity contribution < 1.29 is 14.7 Å². The number of carbonyl (C=O) groups is 2. The highest BCUT2D eigenvalue weighted by molar-refractivity contribution is 6.30. The molecule has 1 aromatic carbocycles. The molecular formula is C14H17ClN2O3. The number of aliphatic carboxylic acids is 1. The first kappa shape index (κ1) is 14.7. The fourth-order valence-corrected chi connectivity index (χ4v) is 2.18. The number of anilines is 1. The largest absolute Gasteiger partial charge is 0.480 e. The standard InChI is InChI=1S/C14H17ClN2O3/c1-14(2)7-11(14)16-13(20)17(8-12(18)19)10-5-3-4-9(15)6-10/h3-6,11H,7-8H2,1-2H3,(H,16,20)(H,18,19). The Morgan fingerprint density at radius 3 is 2.65 bits per heavy atom. The molecule has 1 aromatic rings. The minimum absolute atomic E-state index is 0.0822. The Morgan fingerprint density at radius 2 is 2.15 bits per heavy atom. The number of carbonyl (C=O) groups excluding carboxylic acids is 1. The molecule has 2 rings (SSSR count). The van der Waals surface area contributed by atoms with E-state index in [1.807, 2.05) is 0 Å². The first-order valence-electron chi connectivity index (χ1n) is 6.35. The molecule has 0 heterocycles. The maximum Gasteiger partial charge on any atom is 0.323 e. The van der Waals surface area contributed by atoms with E-state index in [0.29, 0.717) is 10.7 Å². The maximum atomic E-state index is 12.2. The second-order valence-corrected chi connectivity index (χ2v) is 6.09. The number of nitrogens with zero attached hydrogens (tertiary/aromatic N) is 1. The van der Waals surface area contributed by atoms with Crippen LogP contribution in [0.2, 0.25) is 5.02 Å². The van der Waals surface area contributed by atoms with Gasteiger partial charge in [-0.3, -0.25) is 9.69 Å². The lowest BCUT2D eigenvalue weighted by Gasteiger charge is -2.22. The van der Waals surface area contributed by atoms with Gasteiger partial charge < -0.3 is 10.4 Å². The molecule has 6 heteroatoms. The van der Waals surface area contributed by atoms with E-state index in [9.17, 15) is 9.59 Å². The number of carboxylic acids is 1. The third-order valence-corrected chi connectivity index (χ3v) is 3.70. The van der Waals surface area contributed by atoms with E-state index in [4.69, 9.17) is 16.7 Å². The molecule has 0 aromatic heterocycles. The van der Waals surface area contributed by atoms with Crippen LogP contribution in [0.5, 0.6) is 0 Å². The van der Waals surface area contributed by atoms with Crippen molar-refractivity contribution in [1.29, 1.82) is 0 Å². The molecule has 1 fully saturated rings. The van der Waals surface area contributed by atoms with Crippen molar-refractivity contribution in [1.82, 2.24) is 5.32 Å². The smallest absolute Gasteiger partial charge is 0.323 e. The minimum Gasteiger partial charge on any atom is -0.480 e. The van der Waals surface area contributed by atoms with Gasteiger partial charge in [-0.2, -0.15) is 0 Å². The SMILES string of the molecule is CC1(C)CC1NC(=O)N(CC(=O)O)c1cccc(Cl)c1. The van der Waals surface area contributed by atoms with Crippen molar-refractivity contribution in [3.8, 4) is 0 Å². The lowest BCUT2D eigenvalue weighted by Crippen LogP contribution is -2.44. The van der Waals surface area contributed by atoms with Gasteiger partial charge >= 0.3 is 12.0 Å². The van der Waals surface area contributed by atoms with Crippen LogP contribution in [0.1, 0.15) is 20.3 Å². The van der Waals surface area contributed by atoms with Crippen LogP contribution in [0.15, 0.2) is 24.3 Å². The van der Waals surface area contributed by atoms with Gasteiger partial charge in [-0.15, -0.1) is 0 Å². The molecule has 0 bridgehead atoms. The summed E-state index contributed by atoms with van der Waals surface area (Å²) in [5.41, 5.74) is 0.551. The summed E-state index contributed by atoms with van der Waals surface area (Å²) in [6.07, 6.45) is 0.898. The van der Waals surface area contributed by atoms with Crippen LogP contribution in [0, 0.1) is 5.41 Å². The molecule has 108 valence electrons. The molecule has 1 saturated carbocycles. The number of hydrogen-bond acceptors (Lipinski definition) is 2. The summed E-state index contributed by atoms with van der Waals surface area (Å²) in [6, 6.07) is 6.26. The van der Waals surface area contributed by atoms with Crippen LogP contribution in [0.4, 0.5) is 10.5 Å². The highest BCUT2D eigenvalue weighted by atomic mass is 35.5. The van der Waals surface area contributed by atoms with E-state index < -0.39 is 18.5 Å². The Kier molecular flexibility index (Phi) is 3.90. The van der Waals surface area contributed by atoms with Gasteiger partial charge in [0.1, 0.15) is 6.54 Å². The Labute approximate surface area is 122 Å². The fraction of sp³-hybridized carbons (Fsp3) is 0.429. The quantitative estimate of drug-likeness (QED) is 0.897. The molecule has 1 unspecified atom stereocenters. The topological polar surface area (TPSA) is 69.6 Å². The molecule has 0 radical (unpaired) electrons. The van der Waals surface area contributed by atoms with Crippen LogP contribution >= 0.6 is 11.6 Å². The minimum atomic E-state index is -1.07. The number of urea groups is 1. The predicted octanol–water partition coefficient (Wildman–Crippen LogP) is 2.74. The highest BCUT2D eigenvalue weighted by Gasteiger charge is 2.47. The van der Waals surface area contributed by atoms with Gasteiger partial charge in [-0.1, -0.05) is 31.5 Å². The van der Waals surface area contributed by atoms with Crippen LogP contribution in [-0.2, 0) is 4.79 Å². The van der Waals surface area contributed by atoms with Crippen LogP contribution in [0.25, 0.3) is 0 Å². The normalized spacial score (nSPS) is 19.2. The molecule has 0 saturated heterocycles. The van der Waals surface area contributed by atoms with E-state index in [1.165, 1.54) is 4.90 Å². The molecule has 0 aliphatic heterocycles. The lowest BCUT2D eigenvalue weighted by molar-refractivity contribution is -0.135. The first-order valence-corrected chi connectivity index (χ1v) is 6.73. The van der Waals surface area contributed by atoms with Crippen molar-refractivity contribution in [3.05, 3.63) is 29.3 Å². The van der Waals surface area contributed by atoms with Gasteiger partial charge in [0.25, 0.3) is 0 Å². The highest BCUT2D eigenvalue weighted by Crippen LogP contribution is 2.44. The number of amides is 2. The van der Waals surface area contributed by atoms with Crippen molar-refractivity contribution in [2.75, 3.05) is 11.4 Å². The van der Waals surface area contributed by atoms with E-state index in [2.05, 4.69) is 19.2 Å². The molecule has 5 nitrogen and oxygen atoms in total. The van der Waals surface area contributed by atoms with Crippen molar-refractivity contribution >= 4 is 29.3 Å². The van der Waals surface area contributed by atoms with Gasteiger partial charge in [-0.25, -0.2) is 4.79 Å². The van der Waals surface area contributed by atoms with Crippen molar-refractivity contribution in [2.24, 2.45) is 5.41 Å². The molecule has 2 amide bonds. The third kappa shape index (κ3) is 3.42. The third-order valence-electron chi connectivity index (χ3n) is 3.47. The summed E-state index contributed by atoms with van der Waals surface area (Å²) in [4.78, 5) is 24.4. The number of nitrogens with one attached hydrogen (secondary N) is 1. The molecule has 1 atom stereocenters. The maximum absolute atomic E-state index is 12.2. The molecule has 2 N–H and O–H groups in total. The fourth-order valence-electron chi connectivity index (χ4n) is 2.00. The zero-order valence-electron chi connectivity index (χ0n) is 11.4. The zero-order valence-corrected chi connectivity index (χ0v) is 12.1. The number of rotatable bonds is 4. The van der Waals surface area contributed by atoms with Gasteiger partial charge in [0, 0.05) is 16.8 Å². The lowest BCUT2D eigenvalue weighted by atomic mass is 10.2. The Balaban J connectivity index is 2.15. The number of hydrogen-bond donors (Lipinski definition) is 2. The van der Waals surface area contributed by atoms with Crippen LogP contribution in [-0.4, -0.2) is 29.7 Å². The average Bonchev–Trinajstić information content (AvgIpc) is 2.93. The van der Waals surface area contributed by atoms with E-state index in [1.54, 1.807) is 24.3 Å². The molecule has 1 aliphatic carbocycles. The summed E-state index contributed by atoms with van der Waals surface area (Å²) in [5.74, 6) is -1.07. The van der Waals surface area contributed by atoms with Crippen LogP contribution in [0.3, 0.4) is 0 Å². The molecule has 1 aliphatic rings. The Morgan fingerprint density at radius 1 is 1.50 bits per heavy atom. The molecule has 0 spiro atoms. The van der Waals surface area contributed by atoms with Gasteiger partial charge in [0.05, 0.1) is 0 Å². The Hall–Kier alpha value is -1.75. The second-order valence-electron chi connectivity index (χ2n) is 5.65. The summed E-state index contributed by atoms with van der Waals surface area (Å²) < 4.78 is 0. The monoisotopic (exact) mass is 296 g/mol. The second kappa shape index (κ2) is 5.32. The zero-order chi connectivity index (χ0) is 14.9. The van der Waals surface area contributed by atoms with E-state index in [0.717, 1.165) is 6.42 Å². The van der Waals surface area contributed by atoms with E-state index in [-0.39, 0.29) is 11.5 Å². The number of halogens is 1. The first-order chi connectivity index (χ1) is 9.29. The summed E-state index contributed by atoms with van der Waals surface area (Å²) in [6.45, 7) is 3.71. The van der Waals surface area contributed by atoms with Crippen molar-refractivity contribution in [3.63, 3.8) is 0 Å². The number of benzene rings is 1. The summed E-state index contributed by atoms with van der Waals surface area (Å²) in [7, 11) is 0. The van der Waals surface area contributed by atoms with Gasteiger partial charge in [0.2, 0.25) is 0 Å². The average molecular weight is 297 g/mol. The summed E-state index contributed by atoms with van der Waals surface area (Å²) in [5, 5.41) is 12.3. The van der Waals surface area contributed by atoms with Gasteiger partial charge in [-0.05, 0) is 30.0 Å². The van der Waals surface area contributed by atoms with Crippen molar-refractivity contribution in [2.45, 2.75) is 26.3 Å². The molecule has 20 heavy (non-hydrogen) atoms. The van der Waals surface area contributed by atoms with Gasteiger partial charge in [0.15, 0.2) is 0 Å². The molecular weight excluding hydrogens is 280 g/mol. The van der Waals surface area contributed by atoms with Crippen LogP contribution < -0.4 is 10.2 Å². The number of carboxylic acid groups (broad SMARTS) is 1. The summed E-state index contributed by atoms with van der Waals surface area (Å²) >= 11 is 5.89. The predicted molar refractivity (Wildman–Crippen MR) is 77.2 cm³/mol. The van der Waals surface area contributed by atoms with E-state index >= 15 is 0 Å². The Bertz CT molecular complexity index is 545.